The summed E-state index contributed by atoms with van der Waals surface area (Å²) in [4.78, 5) is 16.4. The van der Waals surface area contributed by atoms with Crippen molar-refractivity contribution in [3.8, 4) is 0 Å². The van der Waals surface area contributed by atoms with Gasteiger partial charge < -0.3 is 4.74 Å². The van der Waals surface area contributed by atoms with E-state index < -0.39 is 0 Å². The smallest absolute Gasteiger partial charge is 0.357 e. The van der Waals surface area contributed by atoms with Gasteiger partial charge in [-0.05, 0) is 32.3 Å². The van der Waals surface area contributed by atoms with Gasteiger partial charge in [0.25, 0.3) is 0 Å². The van der Waals surface area contributed by atoms with Crippen LogP contribution >= 0.6 is 0 Å². The molecule has 1 saturated carbocycles. The van der Waals surface area contributed by atoms with Gasteiger partial charge in [-0.15, -0.1) is 0 Å². The summed E-state index contributed by atoms with van der Waals surface area (Å²) >= 11 is 0. The van der Waals surface area contributed by atoms with E-state index in [1.165, 1.54) is 32.1 Å². The molecule has 22 heavy (non-hydrogen) atoms. The van der Waals surface area contributed by atoms with Crippen LogP contribution < -0.4 is 0 Å². The van der Waals surface area contributed by atoms with Crippen LogP contribution in [0.5, 0.6) is 0 Å². The van der Waals surface area contributed by atoms with E-state index in [0.29, 0.717) is 18.2 Å². The Morgan fingerprint density at radius 2 is 2.05 bits per heavy atom. The number of esters is 1. The highest BCUT2D eigenvalue weighted by molar-refractivity contribution is 5.88. The van der Waals surface area contributed by atoms with Crippen molar-refractivity contribution in [2.24, 2.45) is 0 Å². The normalized spacial score (nSPS) is 16.1. The molecule has 0 saturated heterocycles. The summed E-state index contributed by atoms with van der Waals surface area (Å²) in [5.41, 5.74) is 3.24. The van der Waals surface area contributed by atoms with Crippen LogP contribution in [0.2, 0.25) is 0 Å². The van der Waals surface area contributed by atoms with Crippen LogP contribution in [0.1, 0.15) is 73.7 Å². The van der Waals surface area contributed by atoms with Crippen LogP contribution in [-0.4, -0.2) is 27.2 Å². The van der Waals surface area contributed by atoms with Gasteiger partial charge in [-0.1, -0.05) is 26.2 Å². The van der Waals surface area contributed by atoms with Crippen molar-refractivity contribution >= 4 is 11.6 Å². The molecular formula is C17H23N3O2. The van der Waals surface area contributed by atoms with Crippen molar-refractivity contribution in [2.45, 2.75) is 58.3 Å². The molecule has 1 aliphatic carbocycles. The molecule has 0 aliphatic heterocycles. The molecule has 5 heteroatoms. The molecule has 0 spiro atoms. The number of fused-ring (bicyclic) bond motifs is 1. The van der Waals surface area contributed by atoms with Crippen LogP contribution in [0.4, 0.5) is 0 Å². The standard InChI is InChI=1S/C17H23N3O2/c1-3-13-10-15(17(21)22-4-2)18-16-11-14(19-20(13)16)12-8-6-5-7-9-12/h10-12H,3-9H2,1-2H3. The van der Waals surface area contributed by atoms with Crippen molar-refractivity contribution in [3.63, 3.8) is 0 Å². The SMILES string of the molecule is CCOC(=O)c1cc(CC)n2nc(C3CCCCC3)cc2n1. The van der Waals surface area contributed by atoms with E-state index in [9.17, 15) is 4.79 Å². The third-order valence-corrected chi connectivity index (χ3v) is 4.39. The summed E-state index contributed by atoms with van der Waals surface area (Å²) < 4.78 is 6.95. The maximum atomic E-state index is 12.0. The Balaban J connectivity index is 2.00. The van der Waals surface area contributed by atoms with Crippen molar-refractivity contribution in [1.82, 2.24) is 14.6 Å². The fourth-order valence-electron chi connectivity index (χ4n) is 3.21. The monoisotopic (exact) mass is 301 g/mol. The zero-order valence-electron chi connectivity index (χ0n) is 13.3. The first-order chi connectivity index (χ1) is 10.7. The van der Waals surface area contributed by atoms with Crippen molar-refractivity contribution in [1.29, 1.82) is 0 Å². The molecule has 0 N–H and O–H groups in total. The summed E-state index contributed by atoms with van der Waals surface area (Å²) in [6.07, 6.45) is 7.10. The summed E-state index contributed by atoms with van der Waals surface area (Å²) in [5, 5.41) is 4.76. The van der Waals surface area contributed by atoms with Gasteiger partial charge in [-0.3, -0.25) is 0 Å². The number of ether oxygens (including phenoxy) is 1. The maximum absolute atomic E-state index is 12.0. The Kier molecular flexibility index (Phi) is 4.41. The number of carbonyl (C=O) groups excluding carboxylic acids is 1. The summed E-state index contributed by atoms with van der Waals surface area (Å²) in [6.45, 7) is 4.22. The van der Waals surface area contributed by atoms with E-state index in [1.54, 1.807) is 13.0 Å². The van der Waals surface area contributed by atoms with Crippen LogP contribution in [0.15, 0.2) is 12.1 Å². The van der Waals surface area contributed by atoms with Gasteiger partial charge in [0.1, 0.15) is 0 Å². The van der Waals surface area contributed by atoms with Crippen LogP contribution in [0.25, 0.3) is 5.65 Å². The molecule has 5 nitrogen and oxygen atoms in total. The van der Waals surface area contributed by atoms with Gasteiger partial charge in [0.2, 0.25) is 0 Å². The molecule has 0 atom stereocenters. The Morgan fingerprint density at radius 1 is 1.27 bits per heavy atom. The lowest BCUT2D eigenvalue weighted by molar-refractivity contribution is 0.0519. The molecule has 1 fully saturated rings. The first kappa shape index (κ1) is 15.0. The first-order valence-corrected chi connectivity index (χ1v) is 8.29. The number of carbonyl (C=O) groups is 1. The average Bonchev–Trinajstić information content (AvgIpc) is 2.99. The molecule has 1 aliphatic rings. The van der Waals surface area contributed by atoms with E-state index in [1.807, 2.05) is 10.6 Å². The van der Waals surface area contributed by atoms with Crippen LogP contribution in [0, 0.1) is 0 Å². The van der Waals surface area contributed by atoms with Gasteiger partial charge >= 0.3 is 5.97 Å². The van der Waals surface area contributed by atoms with Crippen LogP contribution in [0.3, 0.4) is 0 Å². The zero-order chi connectivity index (χ0) is 15.5. The highest BCUT2D eigenvalue weighted by Crippen LogP contribution is 2.32. The molecule has 0 unspecified atom stereocenters. The average molecular weight is 301 g/mol. The minimum atomic E-state index is -0.361. The minimum Gasteiger partial charge on any atom is -0.461 e. The van der Waals surface area contributed by atoms with Crippen molar-refractivity contribution in [2.75, 3.05) is 6.61 Å². The maximum Gasteiger partial charge on any atom is 0.357 e. The Hall–Kier alpha value is -1.91. The van der Waals surface area contributed by atoms with Gasteiger partial charge in [-0.25, -0.2) is 14.3 Å². The second-order valence-corrected chi connectivity index (χ2v) is 5.88. The van der Waals surface area contributed by atoms with E-state index in [0.717, 1.165) is 23.5 Å². The first-order valence-electron chi connectivity index (χ1n) is 8.29. The Labute approximate surface area is 130 Å². The minimum absolute atomic E-state index is 0.361. The summed E-state index contributed by atoms with van der Waals surface area (Å²) in [6, 6.07) is 3.83. The van der Waals surface area contributed by atoms with Gasteiger partial charge in [0.15, 0.2) is 11.3 Å². The number of nitrogens with zero attached hydrogens (tertiary/aromatic N) is 3. The Morgan fingerprint density at radius 3 is 2.73 bits per heavy atom. The fourth-order valence-corrected chi connectivity index (χ4v) is 3.21. The quantitative estimate of drug-likeness (QED) is 0.811. The number of hydrogen-bond acceptors (Lipinski definition) is 4. The number of aryl methyl sites for hydroxylation is 1. The molecule has 2 aromatic heterocycles. The van der Waals surface area contributed by atoms with Crippen molar-refractivity contribution in [3.05, 3.63) is 29.2 Å². The predicted octanol–water partition coefficient (Wildman–Crippen LogP) is 3.52. The van der Waals surface area contributed by atoms with Gasteiger partial charge in [-0.2, -0.15) is 5.10 Å². The van der Waals surface area contributed by atoms with E-state index >= 15 is 0 Å². The Bertz CT molecular complexity index is 672. The second kappa shape index (κ2) is 6.46. The number of hydrogen-bond donors (Lipinski definition) is 0. The molecule has 0 bridgehead atoms. The third kappa shape index (κ3) is 2.85. The molecule has 118 valence electrons. The van der Waals surface area contributed by atoms with Crippen LogP contribution in [-0.2, 0) is 11.2 Å². The fraction of sp³-hybridized carbons (Fsp3) is 0.588. The number of rotatable bonds is 4. The molecular weight excluding hydrogens is 278 g/mol. The highest BCUT2D eigenvalue weighted by atomic mass is 16.5. The highest BCUT2D eigenvalue weighted by Gasteiger charge is 2.20. The molecule has 2 aromatic rings. The molecule has 0 aromatic carbocycles. The molecule has 3 rings (SSSR count). The molecule has 2 heterocycles. The molecule has 0 amide bonds. The summed E-state index contributed by atoms with van der Waals surface area (Å²) in [5.74, 6) is 0.173. The zero-order valence-corrected chi connectivity index (χ0v) is 13.3. The topological polar surface area (TPSA) is 56.5 Å². The van der Waals surface area contributed by atoms with E-state index in [-0.39, 0.29) is 5.97 Å². The summed E-state index contributed by atoms with van der Waals surface area (Å²) in [7, 11) is 0. The largest absolute Gasteiger partial charge is 0.461 e. The lowest BCUT2D eigenvalue weighted by Gasteiger charge is -2.19. The van der Waals surface area contributed by atoms with Crippen molar-refractivity contribution < 1.29 is 9.53 Å². The lowest BCUT2D eigenvalue weighted by atomic mass is 9.87. The molecule has 0 radical (unpaired) electrons. The number of aromatic nitrogens is 3. The van der Waals surface area contributed by atoms with Gasteiger partial charge in [0.05, 0.1) is 12.3 Å². The lowest BCUT2D eigenvalue weighted by Crippen LogP contribution is -2.11. The van der Waals surface area contributed by atoms with Gasteiger partial charge in [0, 0.05) is 17.7 Å². The second-order valence-electron chi connectivity index (χ2n) is 5.88. The van der Waals surface area contributed by atoms with E-state index in [4.69, 9.17) is 9.84 Å². The van der Waals surface area contributed by atoms with E-state index in [2.05, 4.69) is 11.9 Å². The third-order valence-electron chi connectivity index (χ3n) is 4.39. The predicted molar refractivity (Wildman–Crippen MR) is 84.1 cm³/mol.